The first-order valence-electron chi connectivity index (χ1n) is 5.64. The van der Waals surface area contributed by atoms with Crippen molar-refractivity contribution in [3.8, 4) is 11.5 Å². The average Bonchev–Trinajstić information content (AvgIpc) is 2.80. The highest BCUT2D eigenvalue weighted by Gasteiger charge is 2.17. The number of aromatic nitrogens is 1. The molecule has 100 valence electrons. The zero-order valence-corrected chi connectivity index (χ0v) is 9.93. The maximum atomic E-state index is 13.6. The van der Waals surface area contributed by atoms with Gasteiger partial charge in [-0.2, -0.15) is 0 Å². The van der Waals surface area contributed by atoms with E-state index in [0.717, 1.165) is 12.1 Å². The Balaban J connectivity index is 2.21. The van der Waals surface area contributed by atoms with E-state index in [0.29, 0.717) is 5.52 Å². The molecule has 0 spiro atoms. The molecule has 4 nitrogen and oxygen atoms in total. The molecule has 0 aliphatic carbocycles. The van der Waals surface area contributed by atoms with Gasteiger partial charge in [-0.25, -0.2) is 18.6 Å². The number of hydrogen-bond acceptors (Lipinski definition) is 3. The minimum Gasteiger partial charge on any atom is -0.478 e. The topological polar surface area (TPSA) is 63.3 Å². The highest BCUT2D eigenvalue weighted by atomic mass is 19.1. The van der Waals surface area contributed by atoms with Crippen LogP contribution in [-0.2, 0) is 0 Å². The van der Waals surface area contributed by atoms with Crippen LogP contribution in [-0.4, -0.2) is 16.1 Å². The van der Waals surface area contributed by atoms with Gasteiger partial charge in [-0.3, -0.25) is 0 Å². The molecule has 0 fully saturated rings. The van der Waals surface area contributed by atoms with Crippen LogP contribution in [0.5, 0.6) is 0 Å². The van der Waals surface area contributed by atoms with Crippen LogP contribution in [0.1, 0.15) is 10.4 Å². The van der Waals surface area contributed by atoms with Crippen molar-refractivity contribution in [1.82, 2.24) is 4.98 Å². The van der Waals surface area contributed by atoms with Crippen molar-refractivity contribution in [3.63, 3.8) is 0 Å². The molecule has 0 aliphatic heterocycles. The normalized spacial score (nSPS) is 10.9. The third kappa shape index (κ3) is 1.91. The van der Waals surface area contributed by atoms with E-state index in [1.807, 2.05) is 0 Å². The van der Waals surface area contributed by atoms with Crippen molar-refractivity contribution in [2.45, 2.75) is 0 Å². The number of benzene rings is 2. The average molecular weight is 275 g/mol. The minimum absolute atomic E-state index is 0.00852. The van der Waals surface area contributed by atoms with Gasteiger partial charge in [0.05, 0.1) is 5.56 Å². The van der Waals surface area contributed by atoms with Crippen LogP contribution in [0.15, 0.2) is 40.8 Å². The number of oxazole rings is 1. The smallest absolute Gasteiger partial charge is 0.335 e. The van der Waals surface area contributed by atoms with E-state index in [9.17, 15) is 13.6 Å². The van der Waals surface area contributed by atoms with Crippen LogP contribution in [0.25, 0.3) is 22.6 Å². The third-order valence-electron chi connectivity index (χ3n) is 2.81. The van der Waals surface area contributed by atoms with E-state index < -0.39 is 17.6 Å². The quantitative estimate of drug-likeness (QED) is 0.777. The van der Waals surface area contributed by atoms with Crippen molar-refractivity contribution >= 4 is 17.1 Å². The summed E-state index contributed by atoms with van der Waals surface area (Å²) >= 11 is 0. The molecular formula is C14H7F2NO3. The largest absolute Gasteiger partial charge is 0.478 e. The summed E-state index contributed by atoms with van der Waals surface area (Å²) in [6.07, 6.45) is 0. The summed E-state index contributed by atoms with van der Waals surface area (Å²) in [6, 6.07) is 7.44. The lowest BCUT2D eigenvalue weighted by Gasteiger charge is -1.98. The predicted molar refractivity (Wildman–Crippen MR) is 66.3 cm³/mol. The molecule has 2 aromatic carbocycles. The van der Waals surface area contributed by atoms with Gasteiger partial charge in [-0.05, 0) is 30.3 Å². The van der Waals surface area contributed by atoms with Crippen LogP contribution in [0, 0.1) is 11.6 Å². The number of carbonyl (C=O) groups is 1. The molecule has 0 radical (unpaired) electrons. The molecule has 0 unspecified atom stereocenters. The maximum absolute atomic E-state index is 13.6. The maximum Gasteiger partial charge on any atom is 0.335 e. The monoisotopic (exact) mass is 275 g/mol. The van der Waals surface area contributed by atoms with E-state index in [1.165, 1.54) is 24.3 Å². The molecule has 0 bridgehead atoms. The first-order valence-corrected chi connectivity index (χ1v) is 5.64. The Hall–Kier alpha value is -2.76. The van der Waals surface area contributed by atoms with E-state index in [4.69, 9.17) is 9.52 Å². The zero-order chi connectivity index (χ0) is 14.3. The van der Waals surface area contributed by atoms with Gasteiger partial charge in [-0.15, -0.1) is 0 Å². The Morgan fingerprint density at radius 2 is 1.85 bits per heavy atom. The number of carboxylic acids is 1. The summed E-state index contributed by atoms with van der Waals surface area (Å²) in [4.78, 5) is 14.8. The van der Waals surface area contributed by atoms with E-state index in [-0.39, 0.29) is 22.6 Å². The first-order chi connectivity index (χ1) is 9.56. The Morgan fingerprint density at radius 1 is 1.15 bits per heavy atom. The Labute approximate surface area is 111 Å². The van der Waals surface area contributed by atoms with E-state index >= 15 is 0 Å². The molecule has 3 rings (SSSR count). The molecule has 1 N–H and O–H groups in total. The Kier molecular flexibility index (Phi) is 2.71. The molecule has 20 heavy (non-hydrogen) atoms. The van der Waals surface area contributed by atoms with Crippen molar-refractivity contribution in [1.29, 1.82) is 0 Å². The number of rotatable bonds is 2. The molecule has 1 aromatic heterocycles. The van der Waals surface area contributed by atoms with Gasteiger partial charge in [0.25, 0.3) is 0 Å². The molecule has 6 heteroatoms. The van der Waals surface area contributed by atoms with Crippen molar-refractivity contribution in [2.75, 3.05) is 0 Å². The summed E-state index contributed by atoms with van der Waals surface area (Å²) < 4.78 is 32.5. The molecule has 3 aromatic rings. The fraction of sp³-hybridized carbons (Fsp3) is 0. The van der Waals surface area contributed by atoms with E-state index in [2.05, 4.69) is 4.98 Å². The number of nitrogens with zero attached hydrogens (tertiary/aromatic N) is 1. The second kappa shape index (κ2) is 4.41. The minimum atomic E-state index is -1.12. The Bertz CT molecular complexity index is 806. The molecule has 0 aliphatic rings. The lowest BCUT2D eigenvalue weighted by atomic mass is 10.2. The molecule has 1 heterocycles. The molecule has 0 atom stereocenters. The molecule has 0 amide bonds. The zero-order valence-electron chi connectivity index (χ0n) is 9.93. The van der Waals surface area contributed by atoms with Gasteiger partial charge < -0.3 is 9.52 Å². The number of halogens is 2. The molecular weight excluding hydrogens is 268 g/mol. The number of fused-ring (bicyclic) bond motifs is 1. The summed E-state index contributed by atoms with van der Waals surface area (Å²) in [7, 11) is 0. The predicted octanol–water partition coefficient (Wildman–Crippen LogP) is 3.47. The molecule has 0 saturated carbocycles. The standard InChI is InChI=1S/C14H7F2NO3/c15-8-2-1-3-9(16)12(8)13-17-10-5-4-7(14(18)19)6-11(10)20-13/h1-6H,(H,18,19). The number of hydrogen-bond donors (Lipinski definition) is 1. The van der Waals surface area contributed by atoms with Crippen molar-refractivity contribution in [3.05, 3.63) is 53.6 Å². The van der Waals surface area contributed by atoms with Crippen molar-refractivity contribution < 1.29 is 23.1 Å². The second-order valence-electron chi connectivity index (χ2n) is 4.10. The van der Waals surface area contributed by atoms with Gasteiger partial charge in [0, 0.05) is 0 Å². The summed E-state index contributed by atoms with van der Waals surface area (Å²) in [5, 5.41) is 8.87. The lowest BCUT2D eigenvalue weighted by molar-refractivity contribution is 0.0697. The van der Waals surface area contributed by atoms with Crippen molar-refractivity contribution in [2.24, 2.45) is 0 Å². The number of aromatic carboxylic acids is 1. The Morgan fingerprint density at radius 3 is 2.50 bits per heavy atom. The fourth-order valence-electron chi connectivity index (χ4n) is 1.87. The first kappa shape index (κ1) is 12.3. The van der Waals surface area contributed by atoms with E-state index in [1.54, 1.807) is 0 Å². The van der Waals surface area contributed by atoms with Crippen LogP contribution in [0.3, 0.4) is 0 Å². The lowest BCUT2D eigenvalue weighted by Crippen LogP contribution is -1.94. The third-order valence-corrected chi connectivity index (χ3v) is 2.81. The highest BCUT2D eigenvalue weighted by molar-refractivity contribution is 5.92. The van der Waals surface area contributed by atoms with Crippen LogP contribution < -0.4 is 0 Å². The van der Waals surface area contributed by atoms with Crippen LogP contribution in [0.4, 0.5) is 8.78 Å². The SMILES string of the molecule is O=C(O)c1ccc2nc(-c3c(F)cccc3F)oc2c1. The second-order valence-corrected chi connectivity index (χ2v) is 4.10. The fourth-order valence-corrected chi connectivity index (χ4v) is 1.87. The number of carboxylic acid groups (broad SMARTS) is 1. The summed E-state index contributed by atoms with van der Waals surface area (Å²) in [6.45, 7) is 0. The van der Waals surface area contributed by atoms with Gasteiger partial charge in [0.15, 0.2) is 5.58 Å². The van der Waals surface area contributed by atoms with Gasteiger partial charge in [0.1, 0.15) is 22.7 Å². The van der Waals surface area contributed by atoms with Crippen LogP contribution >= 0.6 is 0 Å². The van der Waals surface area contributed by atoms with Gasteiger partial charge in [-0.1, -0.05) is 6.07 Å². The van der Waals surface area contributed by atoms with Gasteiger partial charge in [0.2, 0.25) is 5.89 Å². The van der Waals surface area contributed by atoms with Crippen LogP contribution in [0.2, 0.25) is 0 Å². The summed E-state index contributed by atoms with van der Waals surface area (Å²) in [5.41, 5.74) is 0.116. The highest BCUT2D eigenvalue weighted by Crippen LogP contribution is 2.28. The molecule has 0 saturated heterocycles. The van der Waals surface area contributed by atoms with Gasteiger partial charge >= 0.3 is 5.97 Å². The summed E-state index contributed by atoms with van der Waals surface area (Å²) in [5.74, 6) is -2.94.